The van der Waals surface area contributed by atoms with Crippen molar-refractivity contribution >= 4 is 5.91 Å². The Kier molecular flexibility index (Phi) is 7.03. The third-order valence-electron chi connectivity index (χ3n) is 2.95. The molecular formula is C14H22N2O2. The highest BCUT2D eigenvalue weighted by Gasteiger charge is 2.08. The zero-order valence-electron chi connectivity index (χ0n) is 11.0. The minimum Gasteiger partial charge on any atom is -0.396 e. The summed E-state index contributed by atoms with van der Waals surface area (Å²) in [4.78, 5) is 17.6. The number of nitrogens with zero attached hydrogens (tertiary/aromatic N) is 2. The second-order valence-corrected chi connectivity index (χ2v) is 4.46. The van der Waals surface area contributed by atoms with Crippen molar-refractivity contribution in [3.8, 4) is 0 Å². The van der Waals surface area contributed by atoms with Crippen LogP contribution in [0.5, 0.6) is 0 Å². The van der Waals surface area contributed by atoms with E-state index in [0.717, 1.165) is 37.8 Å². The zero-order chi connectivity index (χ0) is 13.2. The van der Waals surface area contributed by atoms with Crippen LogP contribution < -0.4 is 0 Å². The minimum absolute atomic E-state index is 0.177. The van der Waals surface area contributed by atoms with E-state index in [0.29, 0.717) is 6.42 Å². The first-order valence-corrected chi connectivity index (χ1v) is 6.47. The van der Waals surface area contributed by atoms with Gasteiger partial charge in [0.15, 0.2) is 0 Å². The molecule has 0 fully saturated rings. The molecule has 0 spiro atoms. The van der Waals surface area contributed by atoms with Gasteiger partial charge in [-0.1, -0.05) is 0 Å². The van der Waals surface area contributed by atoms with E-state index in [1.165, 1.54) is 0 Å². The highest BCUT2D eigenvalue weighted by Crippen LogP contribution is 2.04. The highest BCUT2D eigenvalue weighted by atomic mass is 16.2. The molecule has 1 heterocycles. The molecule has 0 atom stereocenters. The van der Waals surface area contributed by atoms with E-state index in [2.05, 4.69) is 4.98 Å². The summed E-state index contributed by atoms with van der Waals surface area (Å²) < 4.78 is 0. The Balaban J connectivity index is 2.19. The molecular weight excluding hydrogens is 228 g/mol. The molecule has 0 saturated carbocycles. The number of aromatic nitrogens is 1. The van der Waals surface area contributed by atoms with E-state index in [1.54, 1.807) is 17.3 Å². The molecule has 18 heavy (non-hydrogen) atoms. The van der Waals surface area contributed by atoms with Gasteiger partial charge in [0.1, 0.15) is 0 Å². The first-order valence-electron chi connectivity index (χ1n) is 6.47. The highest BCUT2D eigenvalue weighted by molar-refractivity contribution is 5.76. The standard InChI is InChI=1S/C14H22N2O2/c1-16(11-3-2-4-12-17)14(18)6-5-13-7-9-15-10-8-13/h7-10,17H,2-6,11-12H2,1H3. The fourth-order valence-electron chi connectivity index (χ4n) is 1.75. The van der Waals surface area contributed by atoms with Crippen molar-refractivity contribution in [2.45, 2.75) is 32.1 Å². The van der Waals surface area contributed by atoms with Crippen LogP contribution in [0.3, 0.4) is 0 Å². The topological polar surface area (TPSA) is 53.4 Å². The van der Waals surface area contributed by atoms with Crippen molar-refractivity contribution in [2.24, 2.45) is 0 Å². The number of aliphatic hydroxyl groups excluding tert-OH is 1. The van der Waals surface area contributed by atoms with Crippen LogP contribution in [0.4, 0.5) is 0 Å². The lowest BCUT2D eigenvalue weighted by molar-refractivity contribution is -0.129. The molecule has 0 saturated heterocycles. The summed E-state index contributed by atoms with van der Waals surface area (Å²) in [7, 11) is 1.84. The molecule has 0 aliphatic rings. The number of rotatable bonds is 8. The van der Waals surface area contributed by atoms with E-state index in [4.69, 9.17) is 5.11 Å². The summed E-state index contributed by atoms with van der Waals surface area (Å²) in [6, 6.07) is 3.88. The Hall–Kier alpha value is -1.42. The number of hydrogen-bond acceptors (Lipinski definition) is 3. The minimum atomic E-state index is 0.177. The summed E-state index contributed by atoms with van der Waals surface area (Å²) in [5, 5.41) is 8.67. The molecule has 0 aliphatic heterocycles. The second-order valence-electron chi connectivity index (χ2n) is 4.46. The van der Waals surface area contributed by atoms with Crippen LogP contribution in [0, 0.1) is 0 Å². The summed E-state index contributed by atoms with van der Waals surface area (Å²) in [6.07, 6.45) is 7.55. The van der Waals surface area contributed by atoms with Crippen molar-refractivity contribution in [1.29, 1.82) is 0 Å². The van der Waals surface area contributed by atoms with Crippen molar-refractivity contribution < 1.29 is 9.90 Å². The average molecular weight is 250 g/mol. The Morgan fingerprint density at radius 1 is 1.28 bits per heavy atom. The number of carbonyl (C=O) groups excluding carboxylic acids is 1. The van der Waals surface area contributed by atoms with Crippen molar-refractivity contribution in [3.63, 3.8) is 0 Å². The summed E-state index contributed by atoms with van der Waals surface area (Å²) >= 11 is 0. The summed E-state index contributed by atoms with van der Waals surface area (Å²) in [6.45, 7) is 1.01. The van der Waals surface area contributed by atoms with E-state index < -0.39 is 0 Å². The van der Waals surface area contributed by atoms with Gasteiger partial charge in [-0.25, -0.2) is 0 Å². The fraction of sp³-hybridized carbons (Fsp3) is 0.571. The van der Waals surface area contributed by atoms with E-state index in [-0.39, 0.29) is 12.5 Å². The average Bonchev–Trinajstić information content (AvgIpc) is 2.42. The largest absolute Gasteiger partial charge is 0.396 e. The third kappa shape index (κ3) is 5.77. The van der Waals surface area contributed by atoms with Crippen molar-refractivity contribution in [2.75, 3.05) is 20.2 Å². The number of unbranched alkanes of at least 4 members (excludes halogenated alkanes) is 2. The van der Waals surface area contributed by atoms with Crippen LogP contribution in [-0.4, -0.2) is 41.1 Å². The number of carbonyl (C=O) groups is 1. The lowest BCUT2D eigenvalue weighted by atomic mass is 10.1. The van der Waals surface area contributed by atoms with Crippen LogP contribution >= 0.6 is 0 Å². The van der Waals surface area contributed by atoms with Gasteiger partial charge in [-0.15, -0.1) is 0 Å². The van der Waals surface area contributed by atoms with Gasteiger partial charge in [0.05, 0.1) is 0 Å². The number of pyridine rings is 1. The maximum absolute atomic E-state index is 11.8. The van der Waals surface area contributed by atoms with Crippen LogP contribution in [0.15, 0.2) is 24.5 Å². The predicted octanol–water partition coefficient (Wildman–Crippen LogP) is 1.64. The third-order valence-corrected chi connectivity index (χ3v) is 2.95. The van der Waals surface area contributed by atoms with Crippen LogP contribution in [-0.2, 0) is 11.2 Å². The Labute approximate surface area is 109 Å². The van der Waals surface area contributed by atoms with Crippen LogP contribution in [0.25, 0.3) is 0 Å². The first-order chi connectivity index (χ1) is 8.74. The Morgan fingerprint density at radius 3 is 2.67 bits per heavy atom. The zero-order valence-corrected chi connectivity index (χ0v) is 11.0. The molecule has 0 bridgehead atoms. The molecule has 4 heteroatoms. The van der Waals surface area contributed by atoms with E-state index >= 15 is 0 Å². The Morgan fingerprint density at radius 2 is 2.00 bits per heavy atom. The van der Waals surface area contributed by atoms with Gasteiger partial charge in [-0.2, -0.15) is 0 Å². The number of amides is 1. The molecule has 0 radical (unpaired) electrons. The SMILES string of the molecule is CN(CCCCCO)C(=O)CCc1ccncc1. The maximum atomic E-state index is 11.8. The fourth-order valence-corrected chi connectivity index (χ4v) is 1.75. The van der Waals surface area contributed by atoms with Gasteiger partial charge in [0, 0.05) is 39.0 Å². The van der Waals surface area contributed by atoms with Crippen molar-refractivity contribution in [3.05, 3.63) is 30.1 Å². The van der Waals surface area contributed by atoms with Gasteiger partial charge >= 0.3 is 0 Å². The van der Waals surface area contributed by atoms with Gasteiger partial charge in [0.2, 0.25) is 5.91 Å². The first kappa shape index (κ1) is 14.6. The maximum Gasteiger partial charge on any atom is 0.222 e. The summed E-state index contributed by atoms with van der Waals surface area (Å²) in [5.74, 6) is 0.177. The Bertz CT molecular complexity index is 341. The molecule has 1 aromatic rings. The monoisotopic (exact) mass is 250 g/mol. The molecule has 1 N–H and O–H groups in total. The quantitative estimate of drug-likeness (QED) is 0.714. The lowest BCUT2D eigenvalue weighted by Crippen LogP contribution is -2.27. The van der Waals surface area contributed by atoms with Gasteiger partial charge < -0.3 is 10.0 Å². The van der Waals surface area contributed by atoms with E-state index in [1.807, 2.05) is 19.2 Å². The molecule has 0 unspecified atom stereocenters. The van der Waals surface area contributed by atoms with Gasteiger partial charge in [0.25, 0.3) is 0 Å². The van der Waals surface area contributed by atoms with Gasteiger partial charge in [-0.3, -0.25) is 9.78 Å². The molecule has 1 aromatic heterocycles. The second kappa shape index (κ2) is 8.64. The molecule has 1 amide bonds. The normalized spacial score (nSPS) is 10.3. The van der Waals surface area contributed by atoms with Crippen LogP contribution in [0.1, 0.15) is 31.2 Å². The van der Waals surface area contributed by atoms with E-state index in [9.17, 15) is 4.79 Å². The lowest BCUT2D eigenvalue weighted by Gasteiger charge is -2.16. The number of aryl methyl sites for hydroxylation is 1. The number of aliphatic hydroxyl groups is 1. The molecule has 0 aromatic carbocycles. The predicted molar refractivity (Wildman–Crippen MR) is 71.1 cm³/mol. The molecule has 100 valence electrons. The summed E-state index contributed by atoms with van der Waals surface area (Å²) in [5.41, 5.74) is 1.15. The molecule has 1 rings (SSSR count). The molecule has 0 aliphatic carbocycles. The number of hydrogen-bond donors (Lipinski definition) is 1. The molecule has 4 nitrogen and oxygen atoms in total. The smallest absolute Gasteiger partial charge is 0.222 e. The van der Waals surface area contributed by atoms with Crippen molar-refractivity contribution in [1.82, 2.24) is 9.88 Å². The van der Waals surface area contributed by atoms with Crippen LogP contribution in [0.2, 0.25) is 0 Å². The van der Waals surface area contributed by atoms with Gasteiger partial charge in [-0.05, 0) is 43.4 Å².